The number of likely N-dealkylation sites (N-methyl/N-ethyl adjacent to an activating group) is 1. The summed E-state index contributed by atoms with van der Waals surface area (Å²) < 4.78 is 11.6. The molecule has 0 heterocycles. The highest BCUT2D eigenvalue weighted by Crippen LogP contribution is 2.68. The third kappa shape index (κ3) is 5.45. The van der Waals surface area contributed by atoms with Crippen LogP contribution in [0.15, 0.2) is 0 Å². The summed E-state index contributed by atoms with van der Waals surface area (Å²) in [6.07, 6.45) is 10.0. The predicted octanol–water partition coefficient (Wildman–Crippen LogP) is 6.06. The molecule has 38 heavy (non-hydrogen) atoms. The number of ketones is 1. The lowest BCUT2D eigenvalue weighted by Crippen LogP contribution is -2.56. The lowest BCUT2D eigenvalue weighted by atomic mass is 9.44. The van der Waals surface area contributed by atoms with Gasteiger partial charge in [0.25, 0.3) is 0 Å². The van der Waals surface area contributed by atoms with E-state index >= 15 is 0 Å². The number of fused-ring (bicyclic) bond motifs is 5. The minimum atomic E-state index is -0.908. The van der Waals surface area contributed by atoms with Crippen LogP contribution in [-0.4, -0.2) is 55.5 Å². The molecule has 0 amide bonds. The Bertz CT molecular complexity index is 929. The highest BCUT2D eigenvalue weighted by Gasteiger charge is 2.62. The quantitative estimate of drug-likeness (QED) is 0.355. The number of nitrogens with zero attached hydrogens (tertiary/aromatic N) is 1. The van der Waals surface area contributed by atoms with Crippen LogP contribution in [0.5, 0.6) is 0 Å². The van der Waals surface area contributed by atoms with E-state index in [4.69, 9.17) is 9.47 Å². The second-order valence-electron chi connectivity index (χ2n) is 15.1. The van der Waals surface area contributed by atoms with Gasteiger partial charge in [-0.2, -0.15) is 0 Å². The Morgan fingerprint density at radius 3 is 2.24 bits per heavy atom. The number of ether oxygens (including phenoxy) is 2. The highest BCUT2D eigenvalue weighted by atomic mass is 16.6. The Morgan fingerprint density at radius 2 is 1.58 bits per heavy atom. The van der Waals surface area contributed by atoms with Gasteiger partial charge in [0.05, 0.1) is 11.8 Å². The van der Waals surface area contributed by atoms with Crippen LogP contribution in [0.25, 0.3) is 0 Å². The molecule has 0 aromatic heterocycles. The van der Waals surface area contributed by atoms with Crippen molar-refractivity contribution in [3.8, 4) is 0 Å². The molecule has 0 spiro atoms. The van der Waals surface area contributed by atoms with Gasteiger partial charge in [-0.25, -0.2) is 0 Å². The number of Topliss-reactive ketones (excluding diaryl/α,β-unsaturated/α-hetero) is 1. The molecule has 8 atom stereocenters. The molecule has 0 aliphatic heterocycles. The fraction of sp³-hybridized carbons (Fsp3) is 0.906. The van der Waals surface area contributed by atoms with Crippen molar-refractivity contribution >= 4 is 17.7 Å². The van der Waals surface area contributed by atoms with Gasteiger partial charge in [0.2, 0.25) is 0 Å². The number of carbonyl (C=O) groups is 3. The van der Waals surface area contributed by atoms with Gasteiger partial charge in [0.15, 0.2) is 0 Å². The summed E-state index contributed by atoms with van der Waals surface area (Å²) in [5.41, 5.74) is -0.917. The van der Waals surface area contributed by atoms with Crippen LogP contribution in [0.4, 0.5) is 0 Å². The summed E-state index contributed by atoms with van der Waals surface area (Å²) in [4.78, 5) is 40.1. The van der Waals surface area contributed by atoms with Gasteiger partial charge >= 0.3 is 11.9 Å². The molecule has 4 saturated carbocycles. The third-order valence-corrected chi connectivity index (χ3v) is 11.7. The number of hydrogen-bond acceptors (Lipinski definition) is 6. The zero-order chi connectivity index (χ0) is 28.1. The molecule has 4 rings (SSSR count). The monoisotopic (exact) mass is 531 g/mol. The molecular formula is C32H53NO5. The molecule has 6 nitrogen and oxygen atoms in total. The van der Waals surface area contributed by atoms with Gasteiger partial charge in [0.1, 0.15) is 18.0 Å². The van der Waals surface area contributed by atoms with Crippen LogP contribution in [-0.2, 0) is 23.9 Å². The summed E-state index contributed by atoms with van der Waals surface area (Å²) in [7, 11) is 3.87. The summed E-state index contributed by atoms with van der Waals surface area (Å²) in [5, 5.41) is 0. The summed E-state index contributed by atoms with van der Waals surface area (Å²) in [5.74, 6) is 2.67. The fourth-order valence-electron chi connectivity index (χ4n) is 9.44. The topological polar surface area (TPSA) is 72.9 Å². The van der Waals surface area contributed by atoms with Crippen molar-refractivity contribution in [3.63, 3.8) is 0 Å². The van der Waals surface area contributed by atoms with Gasteiger partial charge in [-0.15, -0.1) is 0 Å². The maximum atomic E-state index is 13.1. The van der Waals surface area contributed by atoms with Crippen LogP contribution in [0, 0.1) is 45.8 Å². The molecule has 4 aliphatic rings. The Labute approximate surface area is 231 Å². The van der Waals surface area contributed by atoms with Crippen molar-refractivity contribution in [1.29, 1.82) is 0 Å². The van der Waals surface area contributed by atoms with Crippen LogP contribution >= 0.6 is 0 Å². The average molecular weight is 532 g/mol. The lowest BCUT2D eigenvalue weighted by Gasteiger charge is -2.62. The fourth-order valence-corrected chi connectivity index (χ4v) is 9.44. The molecule has 0 bridgehead atoms. The summed E-state index contributed by atoms with van der Waals surface area (Å²) >= 11 is 0. The first-order valence-electron chi connectivity index (χ1n) is 15.2. The van der Waals surface area contributed by atoms with Crippen molar-refractivity contribution in [3.05, 3.63) is 0 Å². The molecule has 4 fully saturated rings. The van der Waals surface area contributed by atoms with E-state index in [1.807, 2.05) is 19.0 Å². The van der Waals surface area contributed by atoms with Gasteiger partial charge in [-0.05, 0) is 134 Å². The van der Waals surface area contributed by atoms with E-state index < -0.39 is 11.0 Å². The molecule has 6 heteroatoms. The number of rotatable bonds is 8. The second-order valence-corrected chi connectivity index (χ2v) is 15.1. The molecule has 0 unspecified atom stereocenters. The van der Waals surface area contributed by atoms with E-state index in [9.17, 15) is 14.4 Å². The molecule has 216 valence electrons. The largest absolute Gasteiger partial charge is 0.464 e. The van der Waals surface area contributed by atoms with Crippen LogP contribution in [0.2, 0.25) is 0 Å². The van der Waals surface area contributed by atoms with Crippen LogP contribution in [0.3, 0.4) is 0 Å². The number of carbonyl (C=O) groups excluding carboxylic acids is 3. The molecule has 4 aliphatic carbocycles. The molecule has 0 saturated heterocycles. The van der Waals surface area contributed by atoms with Crippen molar-refractivity contribution in [1.82, 2.24) is 4.90 Å². The Balaban J connectivity index is 1.37. The normalized spacial score (nSPS) is 40.6. The van der Waals surface area contributed by atoms with Gasteiger partial charge < -0.3 is 14.4 Å². The Morgan fingerprint density at radius 1 is 0.895 bits per heavy atom. The summed E-state index contributed by atoms with van der Waals surface area (Å²) in [6.45, 7) is 13.4. The van der Waals surface area contributed by atoms with Gasteiger partial charge in [-0.1, -0.05) is 13.8 Å². The van der Waals surface area contributed by atoms with Gasteiger partial charge in [0, 0.05) is 12.5 Å². The van der Waals surface area contributed by atoms with E-state index in [0.717, 1.165) is 31.6 Å². The zero-order valence-electron chi connectivity index (χ0n) is 25.4. The predicted molar refractivity (Wildman–Crippen MR) is 148 cm³/mol. The average Bonchev–Trinajstić information content (AvgIpc) is 3.16. The van der Waals surface area contributed by atoms with E-state index in [0.29, 0.717) is 36.7 Å². The SMILES string of the molecule is CC(=O)[C@H]1CC[C@H]2[C@@H]3CC[C@H]4C[C@](C)(OC(=O)CC(C)(C)C(=O)OCCN(C)C)CC[C@]4(C)[C@H]3CC[C@]12C. The van der Waals surface area contributed by atoms with Crippen molar-refractivity contribution in [2.45, 2.75) is 111 Å². The number of hydrogen-bond donors (Lipinski definition) is 0. The molecule has 0 radical (unpaired) electrons. The molecule has 0 aromatic rings. The number of esters is 2. The van der Waals surface area contributed by atoms with Crippen molar-refractivity contribution < 1.29 is 23.9 Å². The van der Waals surface area contributed by atoms with Crippen molar-refractivity contribution in [2.24, 2.45) is 45.8 Å². The first-order valence-corrected chi connectivity index (χ1v) is 15.2. The maximum Gasteiger partial charge on any atom is 0.312 e. The smallest absolute Gasteiger partial charge is 0.312 e. The standard InChI is InChI=1S/C32H53NO5/c1-21(34)24-11-12-25-23-10-9-22-19-30(4,15-16-31(22,5)26(23)13-14-32(24,25)6)38-27(35)20-29(2,3)28(36)37-18-17-33(7)8/h22-26H,9-20H2,1-8H3/t22-,23-,24+,25-,26-,30+,31-,32+/m0/s1. The maximum absolute atomic E-state index is 13.1. The highest BCUT2D eigenvalue weighted by molar-refractivity contribution is 5.83. The van der Waals surface area contributed by atoms with Crippen molar-refractivity contribution in [2.75, 3.05) is 27.2 Å². The summed E-state index contributed by atoms with van der Waals surface area (Å²) in [6, 6.07) is 0. The minimum absolute atomic E-state index is 0.0353. The second kappa shape index (κ2) is 10.5. The van der Waals surface area contributed by atoms with E-state index in [-0.39, 0.29) is 35.1 Å². The van der Waals surface area contributed by atoms with Gasteiger partial charge in [-0.3, -0.25) is 14.4 Å². The zero-order valence-corrected chi connectivity index (χ0v) is 25.4. The van der Waals surface area contributed by atoms with E-state index in [1.165, 1.54) is 32.1 Å². The lowest BCUT2D eigenvalue weighted by molar-refractivity contribution is -0.185. The first-order chi connectivity index (χ1) is 17.6. The van der Waals surface area contributed by atoms with E-state index in [1.54, 1.807) is 20.8 Å². The van der Waals surface area contributed by atoms with Crippen LogP contribution in [0.1, 0.15) is 106 Å². The Kier molecular flexibility index (Phi) is 8.18. The Hall–Kier alpha value is -1.43. The molecule has 0 N–H and O–H groups in total. The van der Waals surface area contributed by atoms with Crippen LogP contribution < -0.4 is 0 Å². The minimum Gasteiger partial charge on any atom is -0.464 e. The molecule has 0 aromatic carbocycles. The van der Waals surface area contributed by atoms with E-state index in [2.05, 4.69) is 20.8 Å². The molecular weight excluding hydrogens is 478 g/mol. The first kappa shape index (κ1) is 29.6. The third-order valence-electron chi connectivity index (χ3n) is 11.7.